The van der Waals surface area contributed by atoms with Crippen molar-refractivity contribution in [2.45, 2.75) is 6.42 Å². The Bertz CT molecular complexity index is 674. The number of benzene rings is 1. The van der Waals surface area contributed by atoms with Crippen molar-refractivity contribution in [2.24, 2.45) is 0 Å². The van der Waals surface area contributed by atoms with E-state index < -0.39 is 6.09 Å². The summed E-state index contributed by atoms with van der Waals surface area (Å²) in [5, 5.41) is 10.5. The summed E-state index contributed by atoms with van der Waals surface area (Å²) >= 11 is 5.94. The van der Waals surface area contributed by atoms with E-state index >= 15 is 0 Å². The number of halogens is 1. The molecule has 2 aromatic rings. The third-order valence-electron chi connectivity index (χ3n) is 3.27. The van der Waals surface area contributed by atoms with Gasteiger partial charge >= 0.3 is 6.09 Å². The average Bonchev–Trinajstić information content (AvgIpc) is 2.81. The third-order valence-corrected chi connectivity index (χ3v) is 3.51. The van der Waals surface area contributed by atoms with Crippen LogP contribution in [0.5, 0.6) is 0 Å². The van der Waals surface area contributed by atoms with Gasteiger partial charge in [-0.1, -0.05) is 17.7 Å². The first-order valence-electron chi connectivity index (χ1n) is 6.00. The second kappa shape index (κ2) is 4.63. The van der Waals surface area contributed by atoms with Gasteiger partial charge in [0.15, 0.2) is 0 Å². The minimum absolute atomic E-state index is 0.405. The Morgan fingerprint density at radius 1 is 1.37 bits per heavy atom. The van der Waals surface area contributed by atoms with Gasteiger partial charge in [-0.3, -0.25) is 0 Å². The van der Waals surface area contributed by atoms with Crippen LogP contribution >= 0.6 is 11.6 Å². The minimum atomic E-state index is -0.883. The Morgan fingerprint density at radius 2 is 2.21 bits per heavy atom. The van der Waals surface area contributed by atoms with Crippen LogP contribution in [-0.2, 0) is 0 Å². The number of hydrogen-bond acceptors (Lipinski definition) is 2. The zero-order valence-corrected chi connectivity index (χ0v) is 10.9. The Kier molecular flexibility index (Phi) is 2.95. The lowest BCUT2D eigenvalue weighted by Crippen LogP contribution is -2.33. The summed E-state index contributed by atoms with van der Waals surface area (Å²) in [5.41, 5.74) is 1.84. The molecule has 0 unspecified atom stereocenters. The molecule has 0 saturated heterocycles. The Balaban J connectivity index is 1.91. The summed E-state index contributed by atoms with van der Waals surface area (Å²) in [4.78, 5) is 12.2. The van der Waals surface area contributed by atoms with Crippen LogP contribution < -0.4 is 0 Å². The van der Waals surface area contributed by atoms with Gasteiger partial charge in [0.05, 0.1) is 0 Å². The number of rotatable bonds is 1. The predicted octanol–water partition coefficient (Wildman–Crippen LogP) is 3.85. The molecule has 0 saturated carbocycles. The third kappa shape index (κ3) is 2.31. The van der Waals surface area contributed by atoms with Gasteiger partial charge in [0.2, 0.25) is 0 Å². The molecule has 0 aliphatic carbocycles. The number of fused-ring (bicyclic) bond motifs is 1. The number of furan rings is 1. The van der Waals surface area contributed by atoms with Crippen molar-refractivity contribution in [1.82, 2.24) is 4.90 Å². The van der Waals surface area contributed by atoms with Crippen molar-refractivity contribution in [3.8, 4) is 0 Å². The van der Waals surface area contributed by atoms with E-state index in [-0.39, 0.29) is 0 Å². The lowest BCUT2D eigenvalue weighted by atomic mass is 10.1. The van der Waals surface area contributed by atoms with Crippen LogP contribution in [0.1, 0.15) is 12.2 Å². The first-order chi connectivity index (χ1) is 9.13. The number of hydrogen-bond donors (Lipinski definition) is 1. The van der Waals surface area contributed by atoms with Crippen LogP contribution in [0.25, 0.3) is 16.5 Å². The largest absolute Gasteiger partial charge is 0.465 e. The van der Waals surface area contributed by atoms with Crippen molar-refractivity contribution in [1.29, 1.82) is 0 Å². The summed E-state index contributed by atoms with van der Waals surface area (Å²) < 4.78 is 5.77. The number of carbonyl (C=O) groups is 1. The van der Waals surface area contributed by atoms with Crippen LogP contribution in [0.3, 0.4) is 0 Å². The first kappa shape index (κ1) is 12.1. The molecule has 1 aliphatic rings. The van der Waals surface area contributed by atoms with Crippen molar-refractivity contribution >= 4 is 34.2 Å². The zero-order valence-electron chi connectivity index (χ0n) is 10.1. The molecule has 5 heteroatoms. The maximum Gasteiger partial charge on any atom is 0.407 e. The van der Waals surface area contributed by atoms with E-state index in [1.165, 1.54) is 4.90 Å². The fourth-order valence-corrected chi connectivity index (χ4v) is 2.42. The number of nitrogens with zero attached hydrogens (tertiary/aromatic N) is 1. The van der Waals surface area contributed by atoms with E-state index in [1.54, 1.807) is 6.07 Å². The molecule has 0 radical (unpaired) electrons. The van der Waals surface area contributed by atoms with Gasteiger partial charge < -0.3 is 14.4 Å². The fourth-order valence-electron chi connectivity index (χ4n) is 2.24. The van der Waals surface area contributed by atoms with Gasteiger partial charge in [-0.25, -0.2) is 4.79 Å². The van der Waals surface area contributed by atoms with Crippen LogP contribution in [0.4, 0.5) is 4.79 Å². The molecule has 0 fully saturated rings. The molecule has 0 bridgehead atoms. The van der Waals surface area contributed by atoms with E-state index in [1.807, 2.05) is 24.3 Å². The molecule has 3 rings (SSSR count). The molecule has 19 heavy (non-hydrogen) atoms. The summed E-state index contributed by atoms with van der Waals surface area (Å²) in [6, 6.07) is 7.44. The van der Waals surface area contributed by atoms with Gasteiger partial charge in [-0.2, -0.15) is 0 Å². The van der Waals surface area contributed by atoms with Gasteiger partial charge in [0.25, 0.3) is 0 Å². The molecule has 1 amide bonds. The molecule has 1 aliphatic heterocycles. The Morgan fingerprint density at radius 3 is 2.89 bits per heavy atom. The van der Waals surface area contributed by atoms with Crippen molar-refractivity contribution in [3.05, 3.63) is 41.1 Å². The van der Waals surface area contributed by atoms with Crippen molar-refractivity contribution in [3.63, 3.8) is 0 Å². The van der Waals surface area contributed by atoms with Crippen LogP contribution in [0, 0.1) is 0 Å². The van der Waals surface area contributed by atoms with Crippen LogP contribution in [0.15, 0.2) is 34.8 Å². The predicted molar refractivity (Wildman–Crippen MR) is 73.4 cm³/mol. The van der Waals surface area contributed by atoms with Crippen LogP contribution in [-0.4, -0.2) is 29.2 Å². The minimum Gasteiger partial charge on any atom is -0.465 e. The normalized spacial score (nSPS) is 15.6. The highest BCUT2D eigenvalue weighted by molar-refractivity contribution is 6.31. The fraction of sp³-hybridized carbons (Fsp3) is 0.214. The van der Waals surface area contributed by atoms with Crippen molar-refractivity contribution < 1.29 is 14.3 Å². The highest BCUT2D eigenvalue weighted by Crippen LogP contribution is 2.29. The summed E-state index contributed by atoms with van der Waals surface area (Å²) in [5.74, 6) is 0.794. The summed E-state index contributed by atoms with van der Waals surface area (Å²) in [6.45, 7) is 0.904. The lowest BCUT2D eigenvalue weighted by molar-refractivity contribution is 0.150. The quantitative estimate of drug-likeness (QED) is 0.861. The molecule has 98 valence electrons. The van der Waals surface area contributed by atoms with Crippen LogP contribution in [0.2, 0.25) is 5.02 Å². The molecule has 0 atom stereocenters. The van der Waals surface area contributed by atoms with Crippen molar-refractivity contribution in [2.75, 3.05) is 13.1 Å². The maximum absolute atomic E-state index is 10.8. The molecular formula is C14H12ClNO3. The van der Waals surface area contributed by atoms with E-state index in [9.17, 15) is 4.79 Å². The maximum atomic E-state index is 10.8. The highest BCUT2D eigenvalue weighted by atomic mass is 35.5. The molecule has 1 aromatic carbocycles. The highest BCUT2D eigenvalue weighted by Gasteiger charge is 2.18. The Labute approximate surface area is 114 Å². The second-order valence-electron chi connectivity index (χ2n) is 4.50. The smallest absolute Gasteiger partial charge is 0.407 e. The monoisotopic (exact) mass is 277 g/mol. The second-order valence-corrected chi connectivity index (χ2v) is 4.94. The van der Waals surface area contributed by atoms with E-state index in [2.05, 4.69) is 0 Å². The Hall–Kier alpha value is -1.94. The molecule has 1 N–H and O–H groups in total. The van der Waals surface area contributed by atoms with E-state index in [4.69, 9.17) is 21.1 Å². The number of carboxylic acid groups (broad SMARTS) is 1. The summed E-state index contributed by atoms with van der Waals surface area (Å²) in [6.07, 6.45) is 1.68. The zero-order chi connectivity index (χ0) is 13.4. The standard InChI is InChI=1S/C14H12ClNO3/c15-11-1-2-12-10(7-11)8-13(19-12)9-3-5-16(6-4-9)14(17)18/h1-3,7-8H,4-6H2,(H,17,18). The average molecular weight is 278 g/mol. The van der Waals surface area contributed by atoms with Gasteiger partial charge in [-0.15, -0.1) is 0 Å². The lowest BCUT2D eigenvalue weighted by Gasteiger charge is -2.22. The molecule has 0 spiro atoms. The SMILES string of the molecule is O=C(O)N1CC=C(c2cc3cc(Cl)ccc3o2)CC1. The van der Waals surface area contributed by atoms with E-state index in [0.717, 1.165) is 22.3 Å². The molecule has 2 heterocycles. The molecular weight excluding hydrogens is 266 g/mol. The van der Waals surface area contributed by atoms with Gasteiger partial charge in [0.1, 0.15) is 11.3 Å². The van der Waals surface area contributed by atoms with Gasteiger partial charge in [-0.05, 0) is 36.3 Å². The molecule has 1 aromatic heterocycles. The topological polar surface area (TPSA) is 53.7 Å². The van der Waals surface area contributed by atoms with Gasteiger partial charge in [0, 0.05) is 23.5 Å². The van der Waals surface area contributed by atoms with E-state index in [0.29, 0.717) is 24.5 Å². The molecule has 4 nitrogen and oxygen atoms in total. The summed E-state index contributed by atoms with van der Waals surface area (Å²) in [7, 11) is 0. The number of amides is 1. The first-order valence-corrected chi connectivity index (χ1v) is 6.37.